The molecule has 0 amide bonds. The predicted molar refractivity (Wildman–Crippen MR) is 121 cm³/mol. The van der Waals surface area contributed by atoms with Gasteiger partial charge in [0.1, 0.15) is 36.4 Å². The summed E-state index contributed by atoms with van der Waals surface area (Å²) < 4.78 is 48.5. The first-order chi connectivity index (χ1) is 16.4. The summed E-state index contributed by atoms with van der Waals surface area (Å²) in [6.07, 6.45) is -5.54. The van der Waals surface area contributed by atoms with Gasteiger partial charge in [-0.15, -0.1) is 0 Å². The number of fused-ring (bicyclic) bond motifs is 3. The highest BCUT2D eigenvalue weighted by atomic mass is 32.2. The quantitative estimate of drug-likeness (QED) is 0.429. The number of ether oxygens (including phenoxy) is 4. The van der Waals surface area contributed by atoms with Crippen LogP contribution >= 0.6 is 0 Å². The third-order valence-corrected chi connectivity index (χ3v) is 7.88. The van der Waals surface area contributed by atoms with Crippen LogP contribution in [-0.2, 0) is 19.3 Å². The number of para-hydroxylation sites is 1. The summed E-state index contributed by atoms with van der Waals surface area (Å²) in [5.74, 6) is 0.917. The Kier molecular flexibility index (Phi) is 6.05. The van der Waals surface area contributed by atoms with Crippen molar-refractivity contribution in [1.29, 1.82) is 0 Å². The van der Waals surface area contributed by atoms with E-state index in [0.717, 1.165) is 0 Å². The van der Waals surface area contributed by atoms with E-state index in [0.29, 0.717) is 22.6 Å². The molecular formula is C25H24O8S. The van der Waals surface area contributed by atoms with E-state index in [1.54, 1.807) is 42.5 Å². The first kappa shape index (κ1) is 22.8. The van der Waals surface area contributed by atoms with Gasteiger partial charge in [0.05, 0.1) is 9.79 Å². The van der Waals surface area contributed by atoms with Crippen molar-refractivity contribution >= 4 is 9.84 Å². The van der Waals surface area contributed by atoms with Gasteiger partial charge in [0.15, 0.2) is 12.4 Å². The maximum atomic E-state index is 12.8. The molecule has 5 rings (SSSR count). The molecule has 2 aliphatic rings. The predicted octanol–water partition coefficient (Wildman–Crippen LogP) is 2.42. The van der Waals surface area contributed by atoms with Gasteiger partial charge in [0.25, 0.3) is 0 Å². The lowest BCUT2D eigenvalue weighted by Gasteiger charge is -2.41. The molecule has 0 aromatic heterocycles. The largest absolute Gasteiger partial charge is 0.491 e. The van der Waals surface area contributed by atoms with E-state index in [-0.39, 0.29) is 16.4 Å². The highest BCUT2D eigenvalue weighted by Crippen LogP contribution is 2.44. The molecule has 34 heavy (non-hydrogen) atoms. The van der Waals surface area contributed by atoms with E-state index >= 15 is 0 Å². The van der Waals surface area contributed by atoms with Crippen LogP contribution in [0.25, 0.3) is 11.1 Å². The first-order valence-corrected chi connectivity index (χ1v) is 12.3. The average Bonchev–Trinajstić information content (AvgIpc) is 3.09. The van der Waals surface area contributed by atoms with Crippen molar-refractivity contribution in [2.45, 2.75) is 40.5 Å². The lowest BCUT2D eigenvalue weighted by atomic mass is 9.99. The summed E-state index contributed by atoms with van der Waals surface area (Å²) in [5, 5.41) is 21.5. The molecule has 1 fully saturated rings. The Morgan fingerprint density at radius 2 is 1.56 bits per heavy atom. The zero-order valence-electron chi connectivity index (χ0n) is 18.3. The number of methoxy groups -OCH3 is 1. The minimum Gasteiger partial charge on any atom is -0.491 e. The molecule has 3 aromatic carbocycles. The van der Waals surface area contributed by atoms with Gasteiger partial charge in [0.2, 0.25) is 9.84 Å². The van der Waals surface area contributed by atoms with E-state index in [9.17, 15) is 18.6 Å². The number of rotatable bonds is 6. The topological polar surface area (TPSA) is 112 Å². The number of sulfone groups is 1. The molecule has 178 valence electrons. The van der Waals surface area contributed by atoms with Gasteiger partial charge in [-0.1, -0.05) is 36.4 Å². The average molecular weight is 485 g/mol. The van der Waals surface area contributed by atoms with Crippen molar-refractivity contribution < 1.29 is 37.6 Å². The highest BCUT2D eigenvalue weighted by molar-refractivity contribution is 7.92. The molecule has 0 spiro atoms. The SMILES string of the molecule is CO[C@@H]1O[C@H](COc2ccccc2)[C@@H](O)[C@H](O)[C@H]1Oc1ccc2c(c1)-c1ccccc1S2(=O)=O. The van der Waals surface area contributed by atoms with Gasteiger partial charge < -0.3 is 29.2 Å². The smallest absolute Gasteiger partial charge is 0.207 e. The molecule has 0 radical (unpaired) electrons. The fourth-order valence-corrected chi connectivity index (χ4v) is 5.95. The Bertz CT molecular complexity index is 1280. The van der Waals surface area contributed by atoms with Crippen LogP contribution < -0.4 is 9.47 Å². The summed E-state index contributed by atoms with van der Waals surface area (Å²) in [5.41, 5.74) is 1.10. The Labute approximate surface area is 197 Å². The molecule has 9 heteroatoms. The van der Waals surface area contributed by atoms with Crippen molar-refractivity contribution in [2.24, 2.45) is 0 Å². The number of hydrogen-bond acceptors (Lipinski definition) is 8. The van der Waals surface area contributed by atoms with Gasteiger partial charge in [-0.3, -0.25) is 0 Å². The van der Waals surface area contributed by atoms with Crippen LogP contribution in [0.2, 0.25) is 0 Å². The van der Waals surface area contributed by atoms with Crippen molar-refractivity contribution in [3.8, 4) is 22.6 Å². The molecule has 5 atom stereocenters. The molecule has 1 saturated heterocycles. The van der Waals surface area contributed by atoms with Crippen LogP contribution in [0.4, 0.5) is 0 Å². The van der Waals surface area contributed by atoms with E-state index < -0.39 is 40.5 Å². The third kappa shape index (κ3) is 3.95. The minimum absolute atomic E-state index is 0.00229. The maximum Gasteiger partial charge on any atom is 0.207 e. The van der Waals surface area contributed by atoms with Gasteiger partial charge in [-0.2, -0.15) is 0 Å². The van der Waals surface area contributed by atoms with E-state index in [2.05, 4.69) is 0 Å². The number of aliphatic hydroxyl groups is 2. The number of hydrogen-bond donors (Lipinski definition) is 2. The molecule has 0 bridgehead atoms. The molecule has 2 N–H and O–H groups in total. The summed E-state index contributed by atoms with van der Waals surface area (Å²) in [6.45, 7) is 0.00229. The summed E-state index contributed by atoms with van der Waals surface area (Å²) in [4.78, 5) is 0.442. The van der Waals surface area contributed by atoms with E-state index in [1.165, 1.54) is 19.2 Å². The highest BCUT2D eigenvalue weighted by Gasteiger charge is 2.47. The molecule has 2 heterocycles. The first-order valence-electron chi connectivity index (χ1n) is 10.8. The Morgan fingerprint density at radius 3 is 2.32 bits per heavy atom. The van der Waals surface area contributed by atoms with Crippen molar-refractivity contribution in [2.75, 3.05) is 13.7 Å². The Morgan fingerprint density at radius 1 is 0.853 bits per heavy atom. The molecule has 8 nitrogen and oxygen atoms in total. The van der Waals surface area contributed by atoms with Crippen molar-refractivity contribution in [1.82, 2.24) is 0 Å². The van der Waals surface area contributed by atoms with Crippen LogP contribution in [0, 0.1) is 0 Å². The third-order valence-electron chi connectivity index (χ3n) is 6.01. The summed E-state index contributed by atoms with van der Waals surface area (Å²) in [7, 11) is -2.19. The van der Waals surface area contributed by atoms with Gasteiger partial charge >= 0.3 is 0 Å². The zero-order chi connectivity index (χ0) is 23.9. The second-order valence-corrected chi connectivity index (χ2v) is 10.0. The molecule has 2 aliphatic heterocycles. The van der Waals surface area contributed by atoms with E-state index in [4.69, 9.17) is 18.9 Å². The molecule has 3 aromatic rings. The lowest BCUT2D eigenvalue weighted by molar-refractivity contribution is -0.287. The molecule has 0 saturated carbocycles. The normalized spacial score (nSPS) is 27.0. The second kappa shape index (κ2) is 9.01. The lowest BCUT2D eigenvalue weighted by Crippen LogP contribution is -2.61. The van der Waals surface area contributed by atoms with Gasteiger partial charge in [0, 0.05) is 18.2 Å². The Balaban J connectivity index is 1.35. The summed E-state index contributed by atoms with van der Waals surface area (Å²) in [6, 6.07) is 20.4. The monoisotopic (exact) mass is 484 g/mol. The number of aliphatic hydroxyl groups excluding tert-OH is 2. The van der Waals surface area contributed by atoms with Gasteiger partial charge in [-0.25, -0.2) is 8.42 Å². The standard InChI is InChI=1S/C25H24O8S/c1-30-25-24(23(27)22(26)19(33-25)14-31-15-7-3-2-4-8-15)32-16-11-12-21-18(13-16)17-9-5-6-10-20(17)34(21,28)29/h2-13,19,22-27H,14H2,1H3/t19-,22-,23+,24-,25-/m1/s1. The van der Waals surface area contributed by atoms with Gasteiger partial charge in [-0.05, 0) is 36.4 Å². The number of benzene rings is 3. The Hall–Kier alpha value is -2.95. The van der Waals surface area contributed by atoms with E-state index in [1.807, 2.05) is 18.2 Å². The van der Waals surface area contributed by atoms with Crippen LogP contribution in [0.3, 0.4) is 0 Å². The zero-order valence-corrected chi connectivity index (χ0v) is 19.1. The second-order valence-electron chi connectivity index (χ2n) is 8.12. The van der Waals surface area contributed by atoms with Crippen LogP contribution in [0.1, 0.15) is 0 Å². The molecular weight excluding hydrogens is 460 g/mol. The van der Waals surface area contributed by atoms with Crippen LogP contribution in [0.15, 0.2) is 82.6 Å². The van der Waals surface area contributed by atoms with Crippen LogP contribution in [-0.4, -0.2) is 63.1 Å². The fraction of sp³-hybridized carbons (Fsp3) is 0.280. The maximum absolute atomic E-state index is 12.8. The molecule has 0 aliphatic carbocycles. The fourth-order valence-electron chi connectivity index (χ4n) is 4.28. The van der Waals surface area contributed by atoms with Crippen molar-refractivity contribution in [3.63, 3.8) is 0 Å². The molecule has 0 unspecified atom stereocenters. The van der Waals surface area contributed by atoms with Crippen molar-refractivity contribution in [3.05, 3.63) is 72.8 Å². The summed E-state index contributed by atoms with van der Waals surface area (Å²) >= 11 is 0. The minimum atomic E-state index is -3.59. The van der Waals surface area contributed by atoms with Crippen LogP contribution in [0.5, 0.6) is 11.5 Å².